The third kappa shape index (κ3) is 11.8. The molecular weight excluding hydrogens is 963 g/mol. The van der Waals surface area contributed by atoms with Gasteiger partial charge in [-0.3, -0.25) is 9.59 Å². The number of benzene rings is 3. The molecular formula is C47H45BrF7N11O2. The van der Waals surface area contributed by atoms with Crippen molar-refractivity contribution in [3.8, 4) is 22.5 Å². The largest absolute Gasteiger partial charge is 0.390 e. The molecule has 0 saturated heterocycles. The van der Waals surface area contributed by atoms with Gasteiger partial charge in [-0.1, -0.05) is 18.2 Å². The standard InChI is InChI=1S/C27H26F4N6O.C20H19BrF3N5O/c1-15-3-8-20(28)21(11-15)35-24-13-22(32-10-9-27(29,30)31)25-33-14-23(37(25)36-24)17-4-7-19(16(2)12-17)26(38)34-18-5-6-18;1-11-8-12(2-5-14(11)19(30)27-13-3-4-13)16-10-26-18-15(9-17(21)28-29(16)18)25-7-6-20(22,23)24/h3-4,7-8,11-14,18,32H,5-6,9-10H2,1-2H3,(H,34,38)(H,35,36);2,5,8-10,13,25H,3-4,6-7H2,1H3,(H,27,30). The first-order valence-electron chi connectivity index (χ1n) is 21.7. The van der Waals surface area contributed by atoms with Crippen LogP contribution < -0.4 is 26.6 Å². The van der Waals surface area contributed by atoms with E-state index in [1.807, 2.05) is 39.0 Å². The maximum Gasteiger partial charge on any atom is 0.390 e. The lowest BCUT2D eigenvalue weighted by Gasteiger charge is -2.14. The molecule has 68 heavy (non-hydrogen) atoms. The minimum atomic E-state index is -4.33. The van der Waals surface area contributed by atoms with Crippen molar-refractivity contribution in [1.29, 1.82) is 0 Å². The summed E-state index contributed by atoms with van der Waals surface area (Å²) in [5.41, 5.74) is 7.99. The summed E-state index contributed by atoms with van der Waals surface area (Å²) in [4.78, 5) is 33.6. The number of fused-ring (bicyclic) bond motifs is 2. The third-order valence-electron chi connectivity index (χ3n) is 11.1. The molecule has 2 aliphatic rings. The number of carbonyl (C=O) groups excluding carboxylic acids is 2. The van der Waals surface area contributed by atoms with Crippen molar-refractivity contribution >= 4 is 61.9 Å². The Morgan fingerprint density at radius 1 is 0.647 bits per heavy atom. The molecule has 356 valence electrons. The number of rotatable bonds is 14. The van der Waals surface area contributed by atoms with E-state index in [0.717, 1.165) is 47.9 Å². The highest BCUT2D eigenvalue weighted by molar-refractivity contribution is 9.10. The smallest absolute Gasteiger partial charge is 0.382 e. The highest BCUT2D eigenvalue weighted by Crippen LogP contribution is 2.32. The van der Waals surface area contributed by atoms with Gasteiger partial charge in [-0.2, -0.15) is 31.4 Å². The number of nitrogens with one attached hydrogen (secondary N) is 5. The zero-order valence-corrected chi connectivity index (χ0v) is 38.4. The Morgan fingerprint density at radius 3 is 1.60 bits per heavy atom. The number of hydrogen-bond acceptors (Lipinski definition) is 9. The molecule has 0 bridgehead atoms. The molecule has 0 spiro atoms. The van der Waals surface area contributed by atoms with Gasteiger partial charge in [-0.05, 0) is 122 Å². The van der Waals surface area contributed by atoms with Crippen molar-refractivity contribution in [3.63, 3.8) is 0 Å². The van der Waals surface area contributed by atoms with E-state index in [1.165, 1.54) is 16.6 Å². The molecule has 13 nitrogen and oxygen atoms in total. The van der Waals surface area contributed by atoms with Crippen LogP contribution in [0, 0.1) is 26.6 Å². The van der Waals surface area contributed by atoms with Gasteiger partial charge in [0.05, 0.1) is 53.7 Å². The van der Waals surface area contributed by atoms with E-state index >= 15 is 0 Å². The minimum absolute atomic E-state index is 0.0864. The van der Waals surface area contributed by atoms with E-state index in [2.05, 4.69) is 62.7 Å². The first kappa shape index (κ1) is 47.7. The molecule has 2 aliphatic carbocycles. The quantitative estimate of drug-likeness (QED) is 0.0670. The monoisotopic (exact) mass is 1010 g/mol. The summed E-state index contributed by atoms with van der Waals surface area (Å²) in [6, 6.07) is 19.0. The van der Waals surface area contributed by atoms with Gasteiger partial charge in [0.25, 0.3) is 11.8 Å². The highest BCUT2D eigenvalue weighted by atomic mass is 79.9. The van der Waals surface area contributed by atoms with Gasteiger partial charge in [-0.25, -0.2) is 23.4 Å². The predicted octanol–water partition coefficient (Wildman–Crippen LogP) is 10.9. The number of anilines is 4. The second kappa shape index (κ2) is 19.4. The molecule has 0 radical (unpaired) electrons. The van der Waals surface area contributed by atoms with Crippen LogP contribution in [0.15, 0.2) is 83.7 Å². The zero-order valence-electron chi connectivity index (χ0n) is 36.8. The molecule has 0 atom stereocenters. The number of amides is 2. The van der Waals surface area contributed by atoms with E-state index < -0.39 is 31.0 Å². The summed E-state index contributed by atoms with van der Waals surface area (Å²) < 4.78 is 93.7. The number of carbonyl (C=O) groups is 2. The number of aryl methyl sites for hydroxylation is 3. The zero-order chi connectivity index (χ0) is 48.5. The number of hydrogen-bond donors (Lipinski definition) is 5. The van der Waals surface area contributed by atoms with E-state index in [0.29, 0.717) is 55.4 Å². The number of aromatic nitrogens is 6. The van der Waals surface area contributed by atoms with Crippen molar-refractivity contribution in [3.05, 3.63) is 117 Å². The second-order valence-electron chi connectivity index (χ2n) is 16.8. The number of nitrogens with zero attached hydrogens (tertiary/aromatic N) is 6. The Hall–Kier alpha value is -6.77. The fourth-order valence-corrected chi connectivity index (χ4v) is 7.70. The third-order valence-corrected chi connectivity index (χ3v) is 11.5. The van der Waals surface area contributed by atoms with Crippen LogP contribution in [0.25, 0.3) is 33.8 Å². The molecule has 4 aromatic heterocycles. The van der Waals surface area contributed by atoms with Crippen LogP contribution in [-0.4, -0.2) is 78.5 Å². The lowest BCUT2D eigenvalue weighted by Crippen LogP contribution is -2.26. The summed E-state index contributed by atoms with van der Waals surface area (Å²) in [6.07, 6.45) is -3.36. The Morgan fingerprint density at radius 2 is 1.13 bits per heavy atom. The van der Waals surface area contributed by atoms with Crippen molar-refractivity contribution in [1.82, 2.24) is 39.8 Å². The van der Waals surface area contributed by atoms with Crippen molar-refractivity contribution < 1.29 is 40.3 Å². The average Bonchev–Trinajstić information content (AvgIpc) is 4.18. The Balaban J connectivity index is 0.000000189. The first-order chi connectivity index (χ1) is 32.3. The normalized spacial score (nSPS) is 13.8. The minimum Gasteiger partial charge on any atom is -0.382 e. The summed E-state index contributed by atoms with van der Waals surface area (Å²) in [7, 11) is 0. The summed E-state index contributed by atoms with van der Waals surface area (Å²) in [5, 5.41) is 23.4. The van der Waals surface area contributed by atoms with Crippen LogP contribution in [0.1, 0.15) is 75.9 Å². The molecule has 0 unspecified atom stereocenters. The maximum absolute atomic E-state index is 14.4. The molecule has 9 rings (SSSR count). The molecule has 2 saturated carbocycles. The topological polar surface area (TPSA) is 155 Å². The lowest BCUT2D eigenvalue weighted by atomic mass is 10.0. The highest BCUT2D eigenvalue weighted by Gasteiger charge is 2.29. The Labute approximate surface area is 393 Å². The van der Waals surface area contributed by atoms with E-state index in [9.17, 15) is 40.3 Å². The first-order valence-corrected chi connectivity index (χ1v) is 22.5. The van der Waals surface area contributed by atoms with Gasteiger partial charge in [0.1, 0.15) is 10.4 Å². The molecule has 5 N–H and O–H groups in total. The summed E-state index contributed by atoms with van der Waals surface area (Å²) in [5.74, 6) is -0.495. The molecule has 2 fully saturated rings. The average molecular weight is 1010 g/mol. The fraction of sp³-hybridized carbons (Fsp3) is 0.319. The molecule has 21 heteroatoms. The molecule has 7 aromatic rings. The van der Waals surface area contributed by atoms with Gasteiger partial charge in [0.15, 0.2) is 17.1 Å². The van der Waals surface area contributed by atoms with Gasteiger partial charge in [0, 0.05) is 53.5 Å². The van der Waals surface area contributed by atoms with Gasteiger partial charge < -0.3 is 26.6 Å². The van der Waals surface area contributed by atoms with E-state index in [4.69, 9.17) is 0 Å². The van der Waals surface area contributed by atoms with E-state index in [1.54, 1.807) is 53.3 Å². The SMILES string of the molecule is Cc1cc(-c2cnc3c(NCCC(F)(F)F)cc(Br)nn23)ccc1C(=O)NC1CC1.Cc1ccc(F)c(Nc2cc(NCCC(F)(F)F)c3ncc(-c4ccc(C(=O)NC5CC5)c(C)c4)n3n2)c1. The van der Waals surface area contributed by atoms with E-state index in [-0.39, 0.29) is 48.5 Å². The van der Waals surface area contributed by atoms with Gasteiger partial charge in [-0.15, -0.1) is 5.10 Å². The van der Waals surface area contributed by atoms with Crippen LogP contribution in [0.2, 0.25) is 0 Å². The Kier molecular flexibility index (Phi) is 13.6. The number of alkyl halides is 6. The van der Waals surface area contributed by atoms with Crippen molar-refractivity contribution in [2.75, 3.05) is 29.0 Å². The van der Waals surface area contributed by atoms with Crippen LogP contribution >= 0.6 is 15.9 Å². The lowest BCUT2D eigenvalue weighted by molar-refractivity contribution is -0.132. The summed E-state index contributed by atoms with van der Waals surface area (Å²) in [6.45, 7) is 4.88. The van der Waals surface area contributed by atoms with Crippen LogP contribution in [0.5, 0.6) is 0 Å². The van der Waals surface area contributed by atoms with Gasteiger partial charge >= 0.3 is 12.4 Å². The number of imidazole rings is 2. The molecule has 2 amide bonds. The number of halogens is 8. The maximum atomic E-state index is 14.4. The molecule has 0 aliphatic heterocycles. The molecule has 3 aromatic carbocycles. The fourth-order valence-electron chi connectivity index (χ4n) is 7.31. The van der Waals surface area contributed by atoms with Crippen LogP contribution in [0.4, 0.5) is 53.6 Å². The van der Waals surface area contributed by atoms with Crippen LogP contribution in [0.3, 0.4) is 0 Å². The summed E-state index contributed by atoms with van der Waals surface area (Å²) >= 11 is 3.31. The molecule has 4 heterocycles. The van der Waals surface area contributed by atoms with Crippen molar-refractivity contribution in [2.24, 2.45) is 0 Å². The van der Waals surface area contributed by atoms with Crippen LogP contribution in [-0.2, 0) is 0 Å². The Bertz CT molecular complexity index is 3020. The van der Waals surface area contributed by atoms with Crippen molar-refractivity contribution in [2.45, 2.75) is 83.7 Å². The predicted molar refractivity (Wildman–Crippen MR) is 248 cm³/mol. The second-order valence-corrected chi connectivity index (χ2v) is 17.6. The van der Waals surface area contributed by atoms with Gasteiger partial charge in [0.2, 0.25) is 0 Å².